The van der Waals surface area contributed by atoms with E-state index in [1.807, 2.05) is 30.3 Å². The summed E-state index contributed by atoms with van der Waals surface area (Å²) >= 11 is 4.20. The Hall–Kier alpha value is -1.66. The molecule has 4 nitrogen and oxygen atoms in total. The second-order valence-electron chi connectivity index (χ2n) is 3.83. The summed E-state index contributed by atoms with van der Waals surface area (Å²) in [4.78, 5) is 9.49. The van der Waals surface area contributed by atoms with Gasteiger partial charge < -0.3 is 9.15 Å². The van der Waals surface area contributed by atoms with Crippen LogP contribution in [0.3, 0.4) is 0 Å². The first kappa shape index (κ1) is 12.4. The van der Waals surface area contributed by atoms with Crippen LogP contribution in [0.15, 0.2) is 45.8 Å². The van der Waals surface area contributed by atoms with Crippen molar-refractivity contribution in [3.63, 3.8) is 0 Å². The molecule has 2 aromatic heterocycles. The minimum atomic E-state index is 0.524. The summed E-state index contributed by atoms with van der Waals surface area (Å²) in [6, 6.07) is 9.39. The third-order valence-corrected chi connectivity index (χ3v) is 3.71. The number of hydrogen-bond donors (Lipinski definition) is 1. The van der Waals surface area contributed by atoms with Gasteiger partial charge in [0.2, 0.25) is 5.89 Å². The van der Waals surface area contributed by atoms with Crippen LogP contribution in [0.4, 0.5) is 0 Å². The molecular weight excluding hydrogens is 280 g/mol. The second kappa shape index (κ2) is 5.14. The van der Waals surface area contributed by atoms with Crippen molar-refractivity contribution in [3.05, 3.63) is 36.5 Å². The summed E-state index contributed by atoms with van der Waals surface area (Å²) in [5.41, 5.74) is 2.11. The SMILES string of the molecule is COc1cc(SS)cc(-c2nc3ncccc3o2)c1. The van der Waals surface area contributed by atoms with Gasteiger partial charge in [-0.2, -0.15) is 4.98 Å². The third kappa shape index (κ3) is 2.41. The molecule has 0 saturated carbocycles. The number of oxazole rings is 1. The molecule has 0 radical (unpaired) electrons. The number of methoxy groups -OCH3 is 1. The molecule has 0 bridgehead atoms. The molecule has 19 heavy (non-hydrogen) atoms. The fourth-order valence-electron chi connectivity index (χ4n) is 1.76. The van der Waals surface area contributed by atoms with E-state index < -0.39 is 0 Å². The lowest BCUT2D eigenvalue weighted by molar-refractivity contribution is 0.413. The van der Waals surface area contributed by atoms with E-state index in [9.17, 15) is 0 Å². The molecule has 0 atom stereocenters. The summed E-state index contributed by atoms with van der Waals surface area (Å²) in [5.74, 6) is 1.26. The number of pyridine rings is 1. The molecule has 3 rings (SSSR count). The van der Waals surface area contributed by atoms with Crippen molar-refractivity contribution in [2.24, 2.45) is 0 Å². The molecule has 0 aliphatic carbocycles. The molecule has 0 spiro atoms. The maximum atomic E-state index is 5.69. The molecule has 2 heterocycles. The molecule has 96 valence electrons. The van der Waals surface area contributed by atoms with E-state index in [1.165, 1.54) is 10.8 Å². The Morgan fingerprint density at radius 1 is 1.32 bits per heavy atom. The summed E-state index contributed by atoms with van der Waals surface area (Å²) in [5, 5.41) is 0. The Bertz CT molecular complexity index is 672. The first-order valence-electron chi connectivity index (χ1n) is 5.52. The van der Waals surface area contributed by atoms with Gasteiger partial charge in [-0.15, -0.1) is 11.7 Å². The van der Waals surface area contributed by atoms with E-state index in [2.05, 4.69) is 21.6 Å². The van der Waals surface area contributed by atoms with Crippen LogP contribution in [0, 0.1) is 0 Å². The molecule has 0 unspecified atom stereocenters. The minimum absolute atomic E-state index is 0.524. The van der Waals surface area contributed by atoms with E-state index in [0.717, 1.165) is 16.2 Å². The highest BCUT2D eigenvalue weighted by Gasteiger charge is 2.11. The van der Waals surface area contributed by atoms with Crippen molar-refractivity contribution >= 4 is 33.7 Å². The van der Waals surface area contributed by atoms with Crippen LogP contribution in [0.25, 0.3) is 22.7 Å². The average Bonchev–Trinajstić information content (AvgIpc) is 2.90. The smallest absolute Gasteiger partial charge is 0.229 e. The van der Waals surface area contributed by atoms with Gasteiger partial charge >= 0.3 is 0 Å². The van der Waals surface area contributed by atoms with Crippen molar-refractivity contribution < 1.29 is 9.15 Å². The summed E-state index contributed by atoms with van der Waals surface area (Å²) in [6.45, 7) is 0. The number of rotatable bonds is 3. The Morgan fingerprint density at radius 2 is 2.21 bits per heavy atom. The van der Waals surface area contributed by atoms with E-state index in [-0.39, 0.29) is 0 Å². The predicted molar refractivity (Wildman–Crippen MR) is 78.6 cm³/mol. The van der Waals surface area contributed by atoms with Gasteiger partial charge in [-0.3, -0.25) is 0 Å². The van der Waals surface area contributed by atoms with Crippen LogP contribution >= 0.6 is 22.5 Å². The van der Waals surface area contributed by atoms with E-state index in [0.29, 0.717) is 17.1 Å². The van der Waals surface area contributed by atoms with Gasteiger partial charge in [0.25, 0.3) is 0 Å². The molecule has 3 aromatic rings. The van der Waals surface area contributed by atoms with Crippen molar-refractivity contribution in [3.8, 4) is 17.2 Å². The molecular formula is C13H10N2O2S2. The largest absolute Gasteiger partial charge is 0.497 e. The zero-order chi connectivity index (χ0) is 13.2. The van der Waals surface area contributed by atoms with Gasteiger partial charge in [-0.1, -0.05) is 10.8 Å². The summed E-state index contributed by atoms with van der Waals surface area (Å²) in [6.07, 6.45) is 1.69. The highest BCUT2D eigenvalue weighted by atomic mass is 33.1. The van der Waals surface area contributed by atoms with Gasteiger partial charge in [0.15, 0.2) is 11.2 Å². The molecule has 0 amide bonds. The van der Waals surface area contributed by atoms with Gasteiger partial charge in [-0.25, -0.2) is 4.98 Å². The van der Waals surface area contributed by atoms with Crippen LogP contribution in [-0.4, -0.2) is 17.1 Å². The van der Waals surface area contributed by atoms with Crippen molar-refractivity contribution in [1.29, 1.82) is 0 Å². The molecule has 0 fully saturated rings. The zero-order valence-corrected chi connectivity index (χ0v) is 11.7. The van der Waals surface area contributed by atoms with Crippen LogP contribution in [-0.2, 0) is 0 Å². The fourth-order valence-corrected chi connectivity index (χ4v) is 2.42. The highest BCUT2D eigenvalue weighted by molar-refractivity contribution is 8.68. The van der Waals surface area contributed by atoms with Crippen molar-refractivity contribution in [1.82, 2.24) is 9.97 Å². The lowest BCUT2D eigenvalue weighted by Gasteiger charge is -2.04. The number of thiol groups is 1. The Kier molecular flexibility index (Phi) is 3.35. The normalized spacial score (nSPS) is 10.8. The molecule has 6 heteroatoms. The third-order valence-electron chi connectivity index (χ3n) is 2.63. The van der Waals surface area contributed by atoms with Crippen LogP contribution in [0.1, 0.15) is 0 Å². The Balaban J connectivity index is 2.14. The van der Waals surface area contributed by atoms with Gasteiger partial charge in [0, 0.05) is 16.7 Å². The fraction of sp³-hybridized carbons (Fsp3) is 0.0769. The van der Waals surface area contributed by atoms with Crippen LogP contribution in [0.5, 0.6) is 5.75 Å². The Labute approximate surface area is 119 Å². The molecule has 0 aliphatic rings. The quantitative estimate of drug-likeness (QED) is 0.586. The van der Waals surface area contributed by atoms with E-state index in [1.54, 1.807) is 13.3 Å². The second-order valence-corrected chi connectivity index (χ2v) is 5.03. The van der Waals surface area contributed by atoms with Gasteiger partial charge in [0.1, 0.15) is 5.75 Å². The molecule has 0 saturated heterocycles. The number of fused-ring (bicyclic) bond motifs is 1. The van der Waals surface area contributed by atoms with Gasteiger partial charge in [-0.05, 0) is 30.3 Å². The zero-order valence-electron chi connectivity index (χ0n) is 10.0. The number of aromatic nitrogens is 2. The number of nitrogens with zero attached hydrogens (tertiary/aromatic N) is 2. The first-order valence-corrected chi connectivity index (χ1v) is 7.39. The van der Waals surface area contributed by atoms with E-state index >= 15 is 0 Å². The first-order chi connectivity index (χ1) is 9.30. The lowest BCUT2D eigenvalue weighted by Crippen LogP contribution is -1.85. The molecule has 1 aromatic carbocycles. The van der Waals surface area contributed by atoms with Crippen molar-refractivity contribution in [2.75, 3.05) is 7.11 Å². The monoisotopic (exact) mass is 290 g/mol. The van der Waals surface area contributed by atoms with Crippen LogP contribution in [0.2, 0.25) is 0 Å². The van der Waals surface area contributed by atoms with Crippen LogP contribution < -0.4 is 4.74 Å². The molecule has 0 aliphatic heterocycles. The maximum absolute atomic E-state index is 5.69. The summed E-state index contributed by atoms with van der Waals surface area (Å²) in [7, 11) is 2.97. The maximum Gasteiger partial charge on any atom is 0.229 e. The predicted octanol–water partition coefficient (Wildman–Crippen LogP) is 3.84. The lowest BCUT2D eigenvalue weighted by atomic mass is 10.2. The Morgan fingerprint density at radius 3 is 2.95 bits per heavy atom. The number of hydrogen-bond acceptors (Lipinski definition) is 6. The number of ether oxygens (including phenoxy) is 1. The molecule has 0 N–H and O–H groups in total. The minimum Gasteiger partial charge on any atom is -0.497 e. The standard InChI is InChI=1S/C13H10N2O2S2/c1-16-9-5-8(6-10(7-9)19-18)13-15-12-11(17-13)3-2-4-14-12/h2-7,18H,1H3. The van der Waals surface area contributed by atoms with Gasteiger partial charge in [0.05, 0.1) is 7.11 Å². The average molecular weight is 290 g/mol. The highest BCUT2D eigenvalue weighted by Crippen LogP contribution is 2.32. The summed E-state index contributed by atoms with van der Waals surface area (Å²) < 4.78 is 11.0. The van der Waals surface area contributed by atoms with E-state index in [4.69, 9.17) is 9.15 Å². The van der Waals surface area contributed by atoms with Crippen molar-refractivity contribution in [2.45, 2.75) is 4.90 Å². The topological polar surface area (TPSA) is 48.2 Å². The number of benzene rings is 1.